The molecule has 0 aromatic rings. The first-order valence-corrected chi connectivity index (χ1v) is 5.65. The van der Waals surface area contributed by atoms with Crippen molar-refractivity contribution in [1.29, 1.82) is 0 Å². The lowest BCUT2D eigenvalue weighted by Gasteiger charge is -2.37. The third kappa shape index (κ3) is 1.56. The van der Waals surface area contributed by atoms with Crippen molar-refractivity contribution in [3.63, 3.8) is 0 Å². The number of aliphatic hydroxyl groups is 1. The molecular formula is C11H19NO3. The molecule has 1 aliphatic carbocycles. The minimum atomic E-state index is -0.801. The highest BCUT2D eigenvalue weighted by Gasteiger charge is 2.55. The summed E-state index contributed by atoms with van der Waals surface area (Å²) < 4.78 is 0. The second kappa shape index (κ2) is 3.46. The van der Waals surface area contributed by atoms with Crippen molar-refractivity contribution in [1.82, 2.24) is 5.32 Å². The number of nitrogens with one attached hydrogen (secondary N) is 1. The molecule has 1 heterocycles. The highest BCUT2D eigenvalue weighted by molar-refractivity contribution is 5.76. The molecule has 2 fully saturated rings. The monoisotopic (exact) mass is 213 g/mol. The minimum Gasteiger partial charge on any atom is -0.481 e. The van der Waals surface area contributed by atoms with E-state index in [1.54, 1.807) is 6.92 Å². The van der Waals surface area contributed by atoms with E-state index in [-0.39, 0.29) is 5.92 Å². The Morgan fingerprint density at radius 3 is 2.60 bits per heavy atom. The highest BCUT2D eigenvalue weighted by Crippen LogP contribution is 2.49. The van der Waals surface area contributed by atoms with E-state index in [0.29, 0.717) is 13.0 Å². The van der Waals surface area contributed by atoms with Crippen molar-refractivity contribution >= 4 is 5.97 Å². The zero-order valence-electron chi connectivity index (χ0n) is 9.12. The summed E-state index contributed by atoms with van der Waals surface area (Å²) in [6.07, 6.45) is 3.14. The second-order valence-corrected chi connectivity index (χ2v) is 5.19. The van der Waals surface area contributed by atoms with Crippen LogP contribution in [-0.4, -0.2) is 34.9 Å². The van der Waals surface area contributed by atoms with Gasteiger partial charge < -0.3 is 15.5 Å². The van der Waals surface area contributed by atoms with Gasteiger partial charge in [0.25, 0.3) is 0 Å². The zero-order chi connectivity index (χ0) is 11.1. The molecule has 0 amide bonds. The number of hydrogen-bond acceptors (Lipinski definition) is 3. The second-order valence-electron chi connectivity index (χ2n) is 5.19. The zero-order valence-corrected chi connectivity index (χ0v) is 9.12. The van der Waals surface area contributed by atoms with Gasteiger partial charge in [-0.1, -0.05) is 6.42 Å². The quantitative estimate of drug-likeness (QED) is 0.628. The highest BCUT2D eigenvalue weighted by atomic mass is 16.4. The molecule has 2 aliphatic rings. The van der Waals surface area contributed by atoms with Gasteiger partial charge in [0.2, 0.25) is 0 Å². The minimum absolute atomic E-state index is 0.0995. The smallest absolute Gasteiger partial charge is 0.311 e. The maximum atomic E-state index is 11.4. The standard InChI is InChI=1S/C11H19NO3/c1-10(15)4-2-3-8(10)11(9(13)14)5-6-12-7-11/h8,12,15H,2-7H2,1H3,(H,13,14). The fourth-order valence-corrected chi connectivity index (χ4v) is 3.36. The predicted molar refractivity (Wildman–Crippen MR) is 55.5 cm³/mol. The predicted octanol–water partition coefficient (Wildman–Crippen LogP) is 0.602. The molecule has 0 radical (unpaired) electrons. The van der Waals surface area contributed by atoms with Gasteiger partial charge in [0, 0.05) is 12.5 Å². The number of rotatable bonds is 2. The maximum absolute atomic E-state index is 11.4. The van der Waals surface area contributed by atoms with Crippen LogP contribution in [0.5, 0.6) is 0 Å². The van der Waals surface area contributed by atoms with Gasteiger partial charge in [0.1, 0.15) is 0 Å². The molecule has 2 rings (SSSR count). The van der Waals surface area contributed by atoms with Crippen molar-refractivity contribution in [2.24, 2.45) is 11.3 Å². The van der Waals surface area contributed by atoms with E-state index in [4.69, 9.17) is 0 Å². The van der Waals surface area contributed by atoms with Crippen LogP contribution >= 0.6 is 0 Å². The lowest BCUT2D eigenvalue weighted by Crippen LogP contribution is -2.48. The van der Waals surface area contributed by atoms with Crippen LogP contribution in [0, 0.1) is 11.3 Å². The van der Waals surface area contributed by atoms with Crippen molar-refractivity contribution in [2.75, 3.05) is 13.1 Å². The topological polar surface area (TPSA) is 69.6 Å². The summed E-state index contributed by atoms with van der Waals surface area (Å²) in [5, 5.41) is 22.8. The molecule has 15 heavy (non-hydrogen) atoms. The summed E-state index contributed by atoms with van der Waals surface area (Å²) in [5.74, 6) is -0.850. The molecule has 0 bridgehead atoms. The Morgan fingerprint density at radius 2 is 2.20 bits per heavy atom. The Bertz CT molecular complexity index is 269. The molecular weight excluding hydrogens is 194 g/mol. The third-order valence-electron chi connectivity index (χ3n) is 4.21. The van der Waals surface area contributed by atoms with Gasteiger partial charge in [-0.05, 0) is 32.7 Å². The summed E-state index contributed by atoms with van der Waals surface area (Å²) in [4.78, 5) is 11.4. The molecule has 1 saturated heterocycles. The van der Waals surface area contributed by atoms with E-state index in [2.05, 4.69) is 5.32 Å². The number of carboxylic acid groups (broad SMARTS) is 1. The van der Waals surface area contributed by atoms with Crippen LogP contribution in [0.2, 0.25) is 0 Å². The SMILES string of the molecule is CC1(O)CCCC1C1(C(=O)O)CCNC1. The van der Waals surface area contributed by atoms with E-state index in [1.165, 1.54) is 0 Å². The van der Waals surface area contributed by atoms with Crippen LogP contribution in [-0.2, 0) is 4.79 Å². The molecule has 4 heteroatoms. The number of carbonyl (C=O) groups is 1. The van der Waals surface area contributed by atoms with Crippen LogP contribution in [0.3, 0.4) is 0 Å². The molecule has 1 aliphatic heterocycles. The Morgan fingerprint density at radius 1 is 1.47 bits per heavy atom. The number of aliphatic carboxylic acids is 1. The van der Waals surface area contributed by atoms with Crippen molar-refractivity contribution in [3.05, 3.63) is 0 Å². The fourth-order valence-electron chi connectivity index (χ4n) is 3.36. The third-order valence-corrected chi connectivity index (χ3v) is 4.21. The Hall–Kier alpha value is -0.610. The van der Waals surface area contributed by atoms with E-state index in [9.17, 15) is 15.0 Å². The molecule has 3 N–H and O–H groups in total. The van der Waals surface area contributed by atoms with Crippen LogP contribution < -0.4 is 5.32 Å². The summed E-state index contributed by atoms with van der Waals surface area (Å²) >= 11 is 0. The van der Waals surface area contributed by atoms with Gasteiger partial charge in [-0.2, -0.15) is 0 Å². The first-order valence-electron chi connectivity index (χ1n) is 5.65. The molecule has 1 saturated carbocycles. The summed E-state index contributed by atoms with van der Waals surface area (Å²) in [6, 6.07) is 0. The molecule has 0 spiro atoms. The normalized spacial score (nSPS) is 45.9. The van der Waals surface area contributed by atoms with Gasteiger partial charge >= 0.3 is 5.97 Å². The van der Waals surface area contributed by atoms with E-state index in [1.807, 2.05) is 0 Å². The van der Waals surface area contributed by atoms with Gasteiger partial charge in [0.05, 0.1) is 11.0 Å². The molecule has 3 unspecified atom stereocenters. The lowest BCUT2D eigenvalue weighted by atomic mass is 9.68. The number of hydrogen-bond donors (Lipinski definition) is 3. The van der Waals surface area contributed by atoms with E-state index in [0.717, 1.165) is 25.8 Å². The van der Waals surface area contributed by atoms with Crippen molar-refractivity contribution in [2.45, 2.75) is 38.2 Å². The Kier molecular flexibility index (Phi) is 2.51. The van der Waals surface area contributed by atoms with Crippen LogP contribution in [0.4, 0.5) is 0 Å². The lowest BCUT2D eigenvalue weighted by molar-refractivity contribution is -0.157. The first kappa shape index (κ1) is 10.9. The molecule has 86 valence electrons. The van der Waals surface area contributed by atoms with Gasteiger partial charge in [-0.15, -0.1) is 0 Å². The van der Waals surface area contributed by atoms with Crippen LogP contribution in [0.25, 0.3) is 0 Å². The molecule has 3 atom stereocenters. The van der Waals surface area contributed by atoms with Gasteiger partial charge in [-0.3, -0.25) is 4.79 Å². The Labute approximate surface area is 89.7 Å². The average molecular weight is 213 g/mol. The van der Waals surface area contributed by atoms with Gasteiger partial charge in [-0.25, -0.2) is 0 Å². The summed E-state index contributed by atoms with van der Waals surface area (Å²) in [5.41, 5.74) is -1.54. The fraction of sp³-hybridized carbons (Fsp3) is 0.909. The molecule has 4 nitrogen and oxygen atoms in total. The van der Waals surface area contributed by atoms with Crippen molar-refractivity contribution in [3.8, 4) is 0 Å². The van der Waals surface area contributed by atoms with Crippen LogP contribution in [0.1, 0.15) is 32.6 Å². The van der Waals surface area contributed by atoms with Gasteiger partial charge in [0.15, 0.2) is 0 Å². The van der Waals surface area contributed by atoms with E-state index < -0.39 is 17.0 Å². The van der Waals surface area contributed by atoms with Crippen LogP contribution in [0.15, 0.2) is 0 Å². The number of carboxylic acids is 1. The van der Waals surface area contributed by atoms with Crippen molar-refractivity contribution < 1.29 is 15.0 Å². The molecule has 0 aromatic heterocycles. The largest absolute Gasteiger partial charge is 0.481 e. The molecule has 0 aromatic carbocycles. The summed E-state index contributed by atoms with van der Waals surface area (Å²) in [7, 11) is 0. The average Bonchev–Trinajstić information content (AvgIpc) is 2.71. The maximum Gasteiger partial charge on any atom is 0.311 e. The van der Waals surface area contributed by atoms with E-state index >= 15 is 0 Å². The Balaban J connectivity index is 2.29. The first-order chi connectivity index (χ1) is 6.99. The summed E-state index contributed by atoms with van der Waals surface area (Å²) in [6.45, 7) is 3.04.